The Morgan fingerprint density at radius 2 is 2.11 bits per heavy atom. The average Bonchev–Trinajstić information content (AvgIpc) is 2.97. The van der Waals surface area contributed by atoms with E-state index in [2.05, 4.69) is 15.4 Å². The van der Waals surface area contributed by atoms with Crippen molar-refractivity contribution in [3.8, 4) is 11.5 Å². The minimum absolute atomic E-state index is 0.0522. The standard InChI is InChI=1S/C17H15ClN6O4/c1-22-15(13-4-2-3-7-19-13)21-23(17(22)26)9-8-20-16(25)11-5-6-12(18)14(10-11)24(27)28/h2-7,10H,8-9H2,1H3,(H,20,25). The van der Waals surface area contributed by atoms with Crippen LogP contribution in [0.5, 0.6) is 0 Å². The summed E-state index contributed by atoms with van der Waals surface area (Å²) in [6.07, 6.45) is 1.60. The zero-order valence-corrected chi connectivity index (χ0v) is 15.5. The summed E-state index contributed by atoms with van der Waals surface area (Å²) in [5, 5.41) is 17.7. The van der Waals surface area contributed by atoms with Crippen LogP contribution in [-0.2, 0) is 13.6 Å². The minimum Gasteiger partial charge on any atom is -0.350 e. The number of amides is 1. The van der Waals surface area contributed by atoms with Crippen LogP contribution >= 0.6 is 11.6 Å². The summed E-state index contributed by atoms with van der Waals surface area (Å²) in [6, 6.07) is 9.06. The molecule has 0 bridgehead atoms. The van der Waals surface area contributed by atoms with Crippen LogP contribution < -0.4 is 11.0 Å². The van der Waals surface area contributed by atoms with Gasteiger partial charge in [-0.15, -0.1) is 5.10 Å². The number of nitro benzene ring substituents is 1. The second kappa shape index (κ2) is 8.01. The van der Waals surface area contributed by atoms with Crippen LogP contribution in [0.1, 0.15) is 10.4 Å². The zero-order chi connectivity index (χ0) is 20.3. The van der Waals surface area contributed by atoms with Gasteiger partial charge in [-0.2, -0.15) is 0 Å². The first-order valence-electron chi connectivity index (χ1n) is 8.16. The molecule has 0 saturated carbocycles. The first-order valence-corrected chi connectivity index (χ1v) is 8.53. The van der Waals surface area contributed by atoms with Crippen molar-refractivity contribution in [3.05, 3.63) is 73.8 Å². The molecule has 10 nitrogen and oxygen atoms in total. The molecule has 0 aliphatic rings. The van der Waals surface area contributed by atoms with Gasteiger partial charge in [-0.1, -0.05) is 17.7 Å². The van der Waals surface area contributed by atoms with E-state index in [0.29, 0.717) is 11.5 Å². The summed E-state index contributed by atoms with van der Waals surface area (Å²) in [5.74, 6) is -0.112. The second-order valence-corrected chi connectivity index (χ2v) is 6.19. The summed E-state index contributed by atoms with van der Waals surface area (Å²) < 4.78 is 2.58. The lowest BCUT2D eigenvalue weighted by Gasteiger charge is -2.05. The molecule has 0 unspecified atom stereocenters. The molecule has 28 heavy (non-hydrogen) atoms. The van der Waals surface area contributed by atoms with Crippen LogP contribution in [0, 0.1) is 10.1 Å². The van der Waals surface area contributed by atoms with Crippen LogP contribution in [0.2, 0.25) is 5.02 Å². The predicted molar refractivity (Wildman–Crippen MR) is 101 cm³/mol. The monoisotopic (exact) mass is 402 g/mol. The number of nitrogens with zero attached hydrogens (tertiary/aromatic N) is 5. The molecule has 3 rings (SSSR count). The predicted octanol–water partition coefficient (Wildman–Crippen LogP) is 1.64. The van der Waals surface area contributed by atoms with Gasteiger partial charge >= 0.3 is 5.69 Å². The lowest BCUT2D eigenvalue weighted by atomic mass is 10.2. The SMILES string of the molecule is Cn1c(-c2ccccn2)nn(CCNC(=O)c2ccc(Cl)c([N+](=O)[O-])c2)c1=O. The summed E-state index contributed by atoms with van der Waals surface area (Å²) in [6.45, 7) is 0.231. The van der Waals surface area contributed by atoms with Crippen molar-refractivity contribution < 1.29 is 9.72 Å². The van der Waals surface area contributed by atoms with Gasteiger partial charge < -0.3 is 5.32 Å². The van der Waals surface area contributed by atoms with Gasteiger partial charge in [0, 0.05) is 31.4 Å². The number of carbonyl (C=O) groups excluding carboxylic acids is 1. The molecule has 1 aromatic carbocycles. The van der Waals surface area contributed by atoms with Crippen LogP contribution in [0.3, 0.4) is 0 Å². The molecule has 0 aliphatic heterocycles. The quantitative estimate of drug-likeness (QED) is 0.493. The molecule has 11 heteroatoms. The van der Waals surface area contributed by atoms with E-state index >= 15 is 0 Å². The number of benzene rings is 1. The van der Waals surface area contributed by atoms with Crippen LogP contribution in [0.15, 0.2) is 47.4 Å². The third kappa shape index (κ3) is 3.91. The molecule has 0 radical (unpaired) electrons. The summed E-state index contributed by atoms with van der Waals surface area (Å²) in [4.78, 5) is 38.9. The normalized spacial score (nSPS) is 10.6. The number of aromatic nitrogens is 4. The van der Waals surface area contributed by atoms with Gasteiger partial charge in [0.05, 0.1) is 11.5 Å². The molecule has 0 aliphatic carbocycles. The molecule has 2 aromatic heterocycles. The fourth-order valence-electron chi connectivity index (χ4n) is 2.52. The van der Waals surface area contributed by atoms with Crippen molar-refractivity contribution in [1.82, 2.24) is 24.6 Å². The maximum atomic E-state index is 12.3. The van der Waals surface area contributed by atoms with E-state index in [4.69, 9.17) is 11.6 Å². The number of carbonyl (C=O) groups is 1. The van der Waals surface area contributed by atoms with Gasteiger partial charge in [0.25, 0.3) is 11.6 Å². The Kier molecular flexibility index (Phi) is 5.50. The molecule has 144 valence electrons. The van der Waals surface area contributed by atoms with E-state index in [1.54, 1.807) is 31.4 Å². The van der Waals surface area contributed by atoms with Crippen molar-refractivity contribution >= 4 is 23.2 Å². The fourth-order valence-corrected chi connectivity index (χ4v) is 2.71. The zero-order valence-electron chi connectivity index (χ0n) is 14.7. The number of hydrogen-bond donors (Lipinski definition) is 1. The van der Waals surface area contributed by atoms with Crippen LogP contribution in [0.25, 0.3) is 11.5 Å². The van der Waals surface area contributed by atoms with E-state index in [9.17, 15) is 19.7 Å². The Labute approximate surface area is 163 Å². The third-order valence-corrected chi connectivity index (χ3v) is 4.27. The van der Waals surface area contributed by atoms with Crippen LogP contribution in [-0.4, -0.2) is 36.7 Å². The van der Waals surface area contributed by atoms with Gasteiger partial charge in [-0.25, -0.2) is 9.48 Å². The minimum atomic E-state index is -0.661. The van der Waals surface area contributed by atoms with Crippen LogP contribution in [0.4, 0.5) is 5.69 Å². The van der Waals surface area contributed by atoms with Crippen molar-refractivity contribution in [3.63, 3.8) is 0 Å². The highest BCUT2D eigenvalue weighted by Crippen LogP contribution is 2.24. The lowest BCUT2D eigenvalue weighted by molar-refractivity contribution is -0.384. The number of pyridine rings is 1. The molecular weight excluding hydrogens is 388 g/mol. The van der Waals surface area contributed by atoms with Crippen molar-refractivity contribution in [2.24, 2.45) is 7.05 Å². The first-order chi connectivity index (χ1) is 13.4. The molecule has 3 aromatic rings. The second-order valence-electron chi connectivity index (χ2n) is 5.78. The highest BCUT2D eigenvalue weighted by Gasteiger charge is 2.17. The Balaban J connectivity index is 1.69. The lowest BCUT2D eigenvalue weighted by Crippen LogP contribution is -2.31. The van der Waals surface area contributed by atoms with Gasteiger partial charge in [0.15, 0.2) is 5.82 Å². The Morgan fingerprint density at radius 3 is 2.79 bits per heavy atom. The number of hydrogen-bond acceptors (Lipinski definition) is 6. The van der Waals surface area contributed by atoms with E-state index in [-0.39, 0.29) is 35.1 Å². The number of nitrogens with one attached hydrogen (secondary N) is 1. The molecule has 1 N–H and O–H groups in total. The Hall–Kier alpha value is -3.53. The Morgan fingerprint density at radius 1 is 1.32 bits per heavy atom. The maximum absolute atomic E-state index is 12.3. The Bertz CT molecular complexity index is 1090. The number of rotatable bonds is 6. The molecular formula is C17H15ClN6O4. The van der Waals surface area contributed by atoms with Gasteiger partial charge in [0.2, 0.25) is 0 Å². The summed E-state index contributed by atoms with van der Waals surface area (Å²) >= 11 is 5.74. The van der Waals surface area contributed by atoms with E-state index < -0.39 is 10.8 Å². The molecule has 0 fully saturated rings. The molecule has 0 atom stereocenters. The maximum Gasteiger partial charge on any atom is 0.346 e. The average molecular weight is 403 g/mol. The molecule has 0 spiro atoms. The highest BCUT2D eigenvalue weighted by molar-refractivity contribution is 6.32. The number of halogens is 1. The largest absolute Gasteiger partial charge is 0.350 e. The smallest absolute Gasteiger partial charge is 0.346 e. The van der Waals surface area contributed by atoms with E-state index in [1.165, 1.54) is 21.4 Å². The molecule has 1 amide bonds. The van der Waals surface area contributed by atoms with E-state index in [0.717, 1.165) is 6.07 Å². The fraction of sp³-hybridized carbons (Fsp3) is 0.176. The summed E-state index contributed by atoms with van der Waals surface area (Å²) in [7, 11) is 1.58. The number of nitro groups is 1. The topological polar surface area (TPSA) is 125 Å². The first kappa shape index (κ1) is 19.2. The van der Waals surface area contributed by atoms with E-state index in [1.807, 2.05) is 0 Å². The summed E-state index contributed by atoms with van der Waals surface area (Å²) in [5.41, 5.74) is -0.0516. The van der Waals surface area contributed by atoms with Gasteiger partial charge in [0.1, 0.15) is 10.7 Å². The third-order valence-electron chi connectivity index (χ3n) is 3.95. The van der Waals surface area contributed by atoms with Crippen molar-refractivity contribution in [2.45, 2.75) is 6.54 Å². The van der Waals surface area contributed by atoms with Gasteiger partial charge in [-0.05, 0) is 24.3 Å². The van der Waals surface area contributed by atoms with Crippen molar-refractivity contribution in [2.75, 3.05) is 6.54 Å². The highest BCUT2D eigenvalue weighted by atomic mass is 35.5. The van der Waals surface area contributed by atoms with Gasteiger partial charge in [-0.3, -0.25) is 24.5 Å². The van der Waals surface area contributed by atoms with Crippen molar-refractivity contribution in [1.29, 1.82) is 0 Å². The molecule has 0 saturated heterocycles. The molecule has 2 heterocycles.